The number of nitrogens with one attached hydrogen (secondary N) is 1. The largest absolute Gasteiger partial charge is 0.339 e. The average molecular weight is 361 g/mol. The number of rotatable bonds is 4. The van der Waals surface area contributed by atoms with Gasteiger partial charge in [-0.15, -0.1) is 0 Å². The van der Waals surface area contributed by atoms with Gasteiger partial charge in [0.1, 0.15) is 0 Å². The molecule has 1 saturated heterocycles. The second-order valence-electron chi connectivity index (χ2n) is 6.48. The van der Waals surface area contributed by atoms with Crippen LogP contribution in [0.25, 0.3) is 10.8 Å². The Kier molecular flexibility index (Phi) is 5.08. The fourth-order valence-electron chi connectivity index (χ4n) is 2.99. The summed E-state index contributed by atoms with van der Waals surface area (Å²) in [4.78, 5) is 16.5. The lowest BCUT2D eigenvalue weighted by atomic mass is 10.1. The number of hydrogen-bond donors (Lipinski definition) is 1. The zero-order chi connectivity index (χ0) is 18.0. The Hall–Kier alpha value is -1.96. The molecule has 0 aliphatic carbocycles. The minimum Gasteiger partial charge on any atom is -0.339 e. The van der Waals surface area contributed by atoms with Crippen molar-refractivity contribution in [1.82, 2.24) is 14.5 Å². The molecule has 7 heteroatoms. The van der Waals surface area contributed by atoms with Crippen molar-refractivity contribution in [2.45, 2.75) is 17.9 Å². The minimum atomic E-state index is -3.75. The summed E-state index contributed by atoms with van der Waals surface area (Å²) in [6, 6.07) is 11.8. The summed E-state index contributed by atoms with van der Waals surface area (Å²) >= 11 is 0. The molecule has 25 heavy (non-hydrogen) atoms. The van der Waals surface area contributed by atoms with Crippen LogP contribution in [0.15, 0.2) is 47.4 Å². The van der Waals surface area contributed by atoms with Gasteiger partial charge in [0.05, 0.1) is 10.9 Å². The van der Waals surface area contributed by atoms with Gasteiger partial charge in [0.25, 0.3) is 0 Å². The molecule has 3 rings (SSSR count). The quantitative estimate of drug-likeness (QED) is 0.891. The monoisotopic (exact) mass is 361 g/mol. The zero-order valence-electron chi connectivity index (χ0n) is 14.5. The lowest BCUT2D eigenvalue weighted by Crippen LogP contribution is -2.53. The maximum absolute atomic E-state index is 12.6. The predicted octanol–water partition coefficient (Wildman–Crippen LogP) is 1.28. The van der Waals surface area contributed by atoms with Crippen molar-refractivity contribution >= 4 is 26.7 Å². The highest BCUT2D eigenvalue weighted by molar-refractivity contribution is 7.89. The summed E-state index contributed by atoms with van der Waals surface area (Å²) in [5, 5.41) is 1.83. The molecule has 0 aromatic heterocycles. The van der Waals surface area contributed by atoms with Gasteiger partial charge in [-0.3, -0.25) is 4.79 Å². The second kappa shape index (κ2) is 7.11. The molecule has 0 bridgehead atoms. The van der Waals surface area contributed by atoms with Gasteiger partial charge in [0, 0.05) is 26.2 Å². The van der Waals surface area contributed by atoms with E-state index < -0.39 is 16.1 Å². The molecule has 2 aromatic carbocycles. The first-order chi connectivity index (χ1) is 11.9. The van der Waals surface area contributed by atoms with Crippen LogP contribution in [0.1, 0.15) is 6.92 Å². The summed E-state index contributed by atoms with van der Waals surface area (Å²) in [6.45, 7) is 4.44. The van der Waals surface area contributed by atoms with E-state index in [1.807, 2.05) is 31.3 Å². The highest BCUT2D eigenvalue weighted by Gasteiger charge is 2.27. The van der Waals surface area contributed by atoms with Gasteiger partial charge in [0.15, 0.2) is 0 Å². The predicted molar refractivity (Wildman–Crippen MR) is 97.8 cm³/mol. The van der Waals surface area contributed by atoms with Crippen LogP contribution in [0.3, 0.4) is 0 Å². The van der Waals surface area contributed by atoms with E-state index in [0.717, 1.165) is 23.9 Å². The smallest absolute Gasteiger partial charge is 0.241 e. The number of amides is 1. The van der Waals surface area contributed by atoms with Crippen molar-refractivity contribution in [3.05, 3.63) is 42.5 Å². The SMILES string of the molecule is C[C@@H](NS(=O)(=O)c1ccc2ccccc2c1)C(=O)N1CCN(C)CC1. The maximum atomic E-state index is 12.6. The third kappa shape index (κ3) is 4.00. The van der Waals surface area contributed by atoms with Crippen LogP contribution in [-0.4, -0.2) is 63.4 Å². The Morgan fingerprint density at radius 1 is 1.04 bits per heavy atom. The van der Waals surface area contributed by atoms with Gasteiger partial charge >= 0.3 is 0 Å². The van der Waals surface area contributed by atoms with E-state index in [1.165, 1.54) is 0 Å². The first-order valence-corrected chi connectivity index (χ1v) is 9.83. The molecule has 6 nitrogen and oxygen atoms in total. The molecule has 1 fully saturated rings. The molecule has 1 aliphatic heterocycles. The van der Waals surface area contributed by atoms with Crippen LogP contribution in [0.5, 0.6) is 0 Å². The van der Waals surface area contributed by atoms with E-state index in [9.17, 15) is 13.2 Å². The standard InChI is InChI=1S/C18H23N3O3S/c1-14(18(22)21-11-9-20(2)10-12-21)19-25(23,24)17-8-7-15-5-3-4-6-16(15)13-17/h3-8,13-14,19H,9-12H2,1-2H3/t14-/m1/s1. The first-order valence-electron chi connectivity index (χ1n) is 8.35. The van der Waals surface area contributed by atoms with Gasteiger partial charge in [-0.2, -0.15) is 4.72 Å². The number of carbonyl (C=O) groups excluding carboxylic acids is 1. The first kappa shape index (κ1) is 17.8. The molecule has 0 radical (unpaired) electrons. The Morgan fingerprint density at radius 3 is 2.36 bits per heavy atom. The van der Waals surface area contributed by atoms with Crippen LogP contribution < -0.4 is 4.72 Å². The Morgan fingerprint density at radius 2 is 1.68 bits per heavy atom. The molecule has 0 saturated carbocycles. The van der Waals surface area contributed by atoms with Crippen LogP contribution >= 0.6 is 0 Å². The normalized spacial score (nSPS) is 17.6. The number of hydrogen-bond acceptors (Lipinski definition) is 4. The summed E-state index contributed by atoms with van der Waals surface area (Å²) in [6.07, 6.45) is 0. The van der Waals surface area contributed by atoms with Crippen molar-refractivity contribution < 1.29 is 13.2 Å². The van der Waals surface area contributed by atoms with Crippen molar-refractivity contribution in [2.24, 2.45) is 0 Å². The number of nitrogens with zero attached hydrogens (tertiary/aromatic N) is 2. The van der Waals surface area contributed by atoms with Gasteiger partial charge in [-0.05, 0) is 36.9 Å². The number of piperazine rings is 1. The third-order valence-corrected chi connectivity index (χ3v) is 6.09. The number of sulfonamides is 1. The lowest BCUT2D eigenvalue weighted by Gasteiger charge is -2.34. The van der Waals surface area contributed by atoms with Crippen LogP contribution in [0.4, 0.5) is 0 Å². The number of fused-ring (bicyclic) bond motifs is 1. The third-order valence-electron chi connectivity index (χ3n) is 4.55. The highest BCUT2D eigenvalue weighted by Crippen LogP contribution is 2.19. The van der Waals surface area contributed by atoms with E-state index in [0.29, 0.717) is 13.1 Å². The van der Waals surface area contributed by atoms with Gasteiger partial charge < -0.3 is 9.80 Å². The molecule has 1 amide bonds. The molecule has 1 N–H and O–H groups in total. The van der Waals surface area contributed by atoms with Crippen molar-refractivity contribution in [1.29, 1.82) is 0 Å². The van der Waals surface area contributed by atoms with E-state index in [-0.39, 0.29) is 10.8 Å². The van der Waals surface area contributed by atoms with Crippen LogP contribution in [-0.2, 0) is 14.8 Å². The fraction of sp³-hybridized carbons (Fsp3) is 0.389. The van der Waals surface area contributed by atoms with Crippen molar-refractivity contribution in [3.63, 3.8) is 0 Å². The van der Waals surface area contributed by atoms with Crippen molar-refractivity contribution in [2.75, 3.05) is 33.2 Å². The lowest BCUT2D eigenvalue weighted by molar-refractivity contribution is -0.134. The van der Waals surface area contributed by atoms with Crippen molar-refractivity contribution in [3.8, 4) is 0 Å². The molecular weight excluding hydrogens is 338 g/mol. The zero-order valence-corrected chi connectivity index (χ0v) is 15.3. The van der Waals surface area contributed by atoms with E-state index in [4.69, 9.17) is 0 Å². The summed E-state index contributed by atoms with van der Waals surface area (Å²) in [5.41, 5.74) is 0. The van der Waals surface area contributed by atoms with Gasteiger partial charge in [0.2, 0.25) is 15.9 Å². The topological polar surface area (TPSA) is 69.7 Å². The van der Waals surface area contributed by atoms with E-state index in [2.05, 4.69) is 9.62 Å². The number of carbonyl (C=O) groups is 1. The van der Waals surface area contributed by atoms with Crippen LogP contribution in [0.2, 0.25) is 0 Å². The molecule has 1 atom stereocenters. The molecule has 0 unspecified atom stereocenters. The molecule has 1 aliphatic rings. The van der Waals surface area contributed by atoms with Gasteiger partial charge in [-0.25, -0.2) is 8.42 Å². The van der Waals surface area contributed by atoms with Crippen LogP contribution in [0, 0.1) is 0 Å². The maximum Gasteiger partial charge on any atom is 0.241 e. The number of likely N-dealkylation sites (N-methyl/N-ethyl adjacent to an activating group) is 1. The number of benzene rings is 2. The molecule has 1 heterocycles. The highest BCUT2D eigenvalue weighted by atomic mass is 32.2. The van der Waals surface area contributed by atoms with E-state index in [1.54, 1.807) is 30.0 Å². The van der Waals surface area contributed by atoms with Gasteiger partial charge in [-0.1, -0.05) is 30.3 Å². The Balaban J connectivity index is 1.74. The molecular formula is C18H23N3O3S. The Labute approximate surface area is 148 Å². The average Bonchev–Trinajstić information content (AvgIpc) is 2.61. The summed E-state index contributed by atoms with van der Waals surface area (Å²) in [5.74, 6) is -0.183. The van der Waals surface area contributed by atoms with E-state index >= 15 is 0 Å². The molecule has 134 valence electrons. The fourth-order valence-corrected chi connectivity index (χ4v) is 4.22. The minimum absolute atomic E-state index is 0.171. The summed E-state index contributed by atoms with van der Waals surface area (Å²) < 4.78 is 27.8. The summed E-state index contributed by atoms with van der Waals surface area (Å²) in [7, 11) is -1.75. The Bertz CT molecular complexity index is 874. The molecule has 2 aromatic rings. The molecule has 0 spiro atoms. The second-order valence-corrected chi connectivity index (χ2v) is 8.19.